The molecule has 0 aliphatic carbocycles. The normalized spacial score (nSPS) is 10.8. The van der Waals surface area contributed by atoms with Crippen LogP contribution in [0.5, 0.6) is 5.75 Å². The maximum absolute atomic E-state index is 5.29. The standard InChI is InChI=1S/C24H19N5O/c1-30-20-11-12-22-23(15-20)28-24(27-22)17-4-2-5-19(14-17)26-18-9-7-16(8-10-18)21-6-3-13-25-29-21/h2-15,26H,1H3,(H,27,28). The second kappa shape index (κ2) is 7.67. The zero-order valence-electron chi connectivity index (χ0n) is 16.3. The Morgan fingerprint density at radius 1 is 0.833 bits per heavy atom. The van der Waals surface area contributed by atoms with Gasteiger partial charge in [0.25, 0.3) is 0 Å². The minimum absolute atomic E-state index is 0.804. The van der Waals surface area contributed by atoms with Gasteiger partial charge in [0.05, 0.1) is 23.8 Å². The van der Waals surface area contributed by atoms with Crippen molar-refractivity contribution in [3.8, 4) is 28.4 Å². The van der Waals surface area contributed by atoms with Crippen LogP contribution in [0.2, 0.25) is 0 Å². The van der Waals surface area contributed by atoms with Gasteiger partial charge in [-0.05, 0) is 48.5 Å². The fourth-order valence-electron chi connectivity index (χ4n) is 3.34. The molecule has 0 fully saturated rings. The minimum Gasteiger partial charge on any atom is -0.497 e. The minimum atomic E-state index is 0.804. The molecule has 0 atom stereocenters. The van der Waals surface area contributed by atoms with Gasteiger partial charge in [0.2, 0.25) is 0 Å². The first kappa shape index (κ1) is 17.9. The first-order valence-electron chi connectivity index (χ1n) is 9.58. The van der Waals surface area contributed by atoms with E-state index in [1.807, 2.05) is 72.8 Å². The van der Waals surface area contributed by atoms with E-state index in [2.05, 4.69) is 26.6 Å². The van der Waals surface area contributed by atoms with Gasteiger partial charge in [-0.2, -0.15) is 10.2 Å². The van der Waals surface area contributed by atoms with Gasteiger partial charge in [0.15, 0.2) is 0 Å². The monoisotopic (exact) mass is 393 g/mol. The van der Waals surface area contributed by atoms with E-state index in [1.54, 1.807) is 13.3 Å². The first-order chi connectivity index (χ1) is 14.8. The lowest BCUT2D eigenvalue weighted by molar-refractivity contribution is 0.415. The molecule has 0 bridgehead atoms. The van der Waals surface area contributed by atoms with Crippen molar-refractivity contribution in [2.24, 2.45) is 0 Å². The summed E-state index contributed by atoms with van der Waals surface area (Å²) in [5.74, 6) is 1.62. The van der Waals surface area contributed by atoms with Crippen LogP contribution >= 0.6 is 0 Å². The molecule has 0 spiro atoms. The van der Waals surface area contributed by atoms with E-state index in [0.29, 0.717) is 0 Å². The SMILES string of the molecule is COc1ccc2nc(-c3cccc(Nc4ccc(-c5cccnn5)cc4)c3)[nH]c2c1. The molecule has 2 heterocycles. The van der Waals surface area contributed by atoms with E-state index in [9.17, 15) is 0 Å². The number of ether oxygens (including phenoxy) is 1. The predicted octanol–water partition coefficient (Wildman–Crippen LogP) is 5.44. The largest absolute Gasteiger partial charge is 0.497 e. The smallest absolute Gasteiger partial charge is 0.138 e. The van der Waals surface area contributed by atoms with Gasteiger partial charge in [-0.1, -0.05) is 24.3 Å². The number of methoxy groups -OCH3 is 1. The fourth-order valence-corrected chi connectivity index (χ4v) is 3.34. The van der Waals surface area contributed by atoms with Gasteiger partial charge in [-0.25, -0.2) is 4.98 Å². The van der Waals surface area contributed by atoms with E-state index >= 15 is 0 Å². The second-order valence-electron chi connectivity index (χ2n) is 6.86. The molecule has 30 heavy (non-hydrogen) atoms. The van der Waals surface area contributed by atoms with Crippen LogP contribution in [-0.4, -0.2) is 27.3 Å². The summed E-state index contributed by atoms with van der Waals surface area (Å²) in [5.41, 5.74) is 6.72. The molecular weight excluding hydrogens is 374 g/mol. The molecule has 0 saturated heterocycles. The van der Waals surface area contributed by atoms with Crippen molar-refractivity contribution in [3.05, 3.63) is 85.1 Å². The fraction of sp³-hybridized carbons (Fsp3) is 0.0417. The van der Waals surface area contributed by atoms with Crippen molar-refractivity contribution < 1.29 is 4.74 Å². The molecule has 0 aliphatic rings. The Morgan fingerprint density at radius 3 is 2.53 bits per heavy atom. The number of hydrogen-bond acceptors (Lipinski definition) is 5. The van der Waals surface area contributed by atoms with Gasteiger partial charge >= 0.3 is 0 Å². The van der Waals surface area contributed by atoms with E-state index in [1.165, 1.54) is 0 Å². The summed E-state index contributed by atoms with van der Waals surface area (Å²) < 4.78 is 5.29. The molecule has 0 saturated carbocycles. The number of H-pyrrole nitrogens is 1. The number of nitrogens with zero attached hydrogens (tertiary/aromatic N) is 3. The van der Waals surface area contributed by atoms with E-state index in [0.717, 1.165) is 50.8 Å². The van der Waals surface area contributed by atoms with Crippen LogP contribution in [0.4, 0.5) is 11.4 Å². The van der Waals surface area contributed by atoms with Gasteiger partial charge in [-0.15, -0.1) is 0 Å². The van der Waals surface area contributed by atoms with E-state index in [-0.39, 0.29) is 0 Å². The van der Waals surface area contributed by atoms with Crippen LogP contribution in [0.1, 0.15) is 0 Å². The molecule has 0 aliphatic heterocycles. The van der Waals surface area contributed by atoms with E-state index in [4.69, 9.17) is 9.72 Å². The summed E-state index contributed by atoms with van der Waals surface area (Å²) in [6.07, 6.45) is 1.67. The van der Waals surface area contributed by atoms with Crippen molar-refractivity contribution in [1.82, 2.24) is 20.2 Å². The van der Waals surface area contributed by atoms with Gasteiger partial charge in [0.1, 0.15) is 11.6 Å². The molecule has 6 heteroatoms. The lowest BCUT2D eigenvalue weighted by atomic mass is 10.1. The summed E-state index contributed by atoms with van der Waals surface area (Å²) in [4.78, 5) is 8.07. The van der Waals surface area contributed by atoms with Crippen LogP contribution in [-0.2, 0) is 0 Å². The number of benzene rings is 3. The lowest BCUT2D eigenvalue weighted by Crippen LogP contribution is -1.92. The maximum Gasteiger partial charge on any atom is 0.138 e. The van der Waals surface area contributed by atoms with Crippen LogP contribution in [0, 0.1) is 0 Å². The highest BCUT2D eigenvalue weighted by atomic mass is 16.5. The lowest BCUT2D eigenvalue weighted by Gasteiger charge is -2.08. The first-order valence-corrected chi connectivity index (χ1v) is 9.58. The number of fused-ring (bicyclic) bond motifs is 1. The highest BCUT2D eigenvalue weighted by Gasteiger charge is 2.07. The summed E-state index contributed by atoms with van der Waals surface area (Å²) >= 11 is 0. The number of aromatic amines is 1. The van der Waals surface area contributed by atoms with Crippen molar-refractivity contribution in [1.29, 1.82) is 0 Å². The van der Waals surface area contributed by atoms with Crippen LogP contribution < -0.4 is 10.1 Å². The Kier molecular flexibility index (Phi) is 4.57. The topological polar surface area (TPSA) is 75.7 Å². The van der Waals surface area contributed by atoms with Crippen LogP contribution in [0.3, 0.4) is 0 Å². The Balaban J connectivity index is 1.39. The summed E-state index contributed by atoms with van der Waals surface area (Å²) in [6, 6.07) is 25.9. The molecule has 3 aromatic carbocycles. The number of nitrogens with one attached hydrogen (secondary N) is 2. The Hall–Kier alpha value is -4.19. The van der Waals surface area contributed by atoms with Crippen molar-refractivity contribution in [2.45, 2.75) is 0 Å². The molecular formula is C24H19N5O. The summed E-state index contributed by atoms with van der Waals surface area (Å²) in [6.45, 7) is 0. The van der Waals surface area contributed by atoms with Crippen molar-refractivity contribution in [2.75, 3.05) is 12.4 Å². The number of hydrogen-bond donors (Lipinski definition) is 2. The molecule has 6 nitrogen and oxygen atoms in total. The molecule has 5 aromatic rings. The highest BCUT2D eigenvalue weighted by molar-refractivity contribution is 5.81. The number of imidazole rings is 1. The molecule has 0 radical (unpaired) electrons. The van der Waals surface area contributed by atoms with E-state index < -0.39 is 0 Å². The predicted molar refractivity (Wildman–Crippen MR) is 119 cm³/mol. The zero-order valence-corrected chi connectivity index (χ0v) is 16.3. The third-order valence-corrected chi connectivity index (χ3v) is 4.87. The second-order valence-corrected chi connectivity index (χ2v) is 6.86. The Labute approximate surface area is 173 Å². The third-order valence-electron chi connectivity index (χ3n) is 4.87. The van der Waals surface area contributed by atoms with Gasteiger partial charge in [0, 0.05) is 34.8 Å². The zero-order chi connectivity index (χ0) is 20.3. The maximum atomic E-state index is 5.29. The Bertz CT molecular complexity index is 1300. The summed E-state index contributed by atoms with van der Waals surface area (Å²) in [5, 5.41) is 11.5. The molecule has 0 amide bonds. The van der Waals surface area contributed by atoms with Crippen LogP contribution in [0.25, 0.3) is 33.7 Å². The molecule has 2 N–H and O–H groups in total. The third kappa shape index (κ3) is 3.58. The van der Waals surface area contributed by atoms with Gasteiger partial charge in [-0.3, -0.25) is 0 Å². The number of aromatic nitrogens is 4. The molecule has 146 valence electrons. The molecule has 2 aromatic heterocycles. The highest BCUT2D eigenvalue weighted by Crippen LogP contribution is 2.27. The molecule has 0 unspecified atom stereocenters. The Morgan fingerprint density at radius 2 is 1.73 bits per heavy atom. The quantitative estimate of drug-likeness (QED) is 0.416. The van der Waals surface area contributed by atoms with Crippen molar-refractivity contribution >= 4 is 22.4 Å². The van der Waals surface area contributed by atoms with Crippen LogP contribution in [0.15, 0.2) is 85.1 Å². The average molecular weight is 393 g/mol. The molecule has 5 rings (SSSR count). The van der Waals surface area contributed by atoms with Gasteiger partial charge < -0.3 is 15.0 Å². The average Bonchev–Trinajstić information content (AvgIpc) is 3.24. The number of rotatable bonds is 5. The number of anilines is 2. The summed E-state index contributed by atoms with van der Waals surface area (Å²) in [7, 11) is 1.66. The van der Waals surface area contributed by atoms with Crippen molar-refractivity contribution in [3.63, 3.8) is 0 Å².